The van der Waals surface area contributed by atoms with E-state index in [1.54, 1.807) is 0 Å². The predicted octanol–water partition coefficient (Wildman–Crippen LogP) is 1.34. The van der Waals surface area contributed by atoms with Crippen LogP contribution in [-0.2, 0) is 10.0 Å². The zero-order valence-corrected chi connectivity index (χ0v) is 9.52. The van der Waals surface area contributed by atoms with Crippen molar-refractivity contribution in [2.45, 2.75) is 11.3 Å². The zero-order valence-electron chi connectivity index (χ0n) is 8.70. The first-order chi connectivity index (χ1) is 7.60. The van der Waals surface area contributed by atoms with Gasteiger partial charge in [-0.3, -0.25) is 0 Å². The Bertz CT molecular complexity index is 490. The van der Waals surface area contributed by atoms with Crippen LogP contribution in [0.15, 0.2) is 41.3 Å². The van der Waals surface area contributed by atoms with Gasteiger partial charge in [-0.05, 0) is 30.7 Å². The molecule has 0 amide bonds. The molecule has 86 valence electrons. The van der Waals surface area contributed by atoms with E-state index in [1.807, 2.05) is 12.2 Å². The van der Waals surface area contributed by atoms with E-state index in [0.717, 1.165) is 6.42 Å². The van der Waals surface area contributed by atoms with Crippen LogP contribution in [0.2, 0.25) is 0 Å². The molecule has 0 bridgehead atoms. The lowest BCUT2D eigenvalue weighted by molar-refractivity contribution is 0.437. The summed E-state index contributed by atoms with van der Waals surface area (Å²) in [5.41, 5.74) is 0. The van der Waals surface area contributed by atoms with E-state index in [-0.39, 0.29) is 10.6 Å². The van der Waals surface area contributed by atoms with Crippen LogP contribution in [0.25, 0.3) is 0 Å². The molecule has 0 saturated heterocycles. The minimum absolute atomic E-state index is 0.0671. The minimum Gasteiger partial charge on any atom is -0.508 e. The van der Waals surface area contributed by atoms with Crippen LogP contribution in [0.4, 0.5) is 0 Å². The average molecular weight is 239 g/mol. The SMILES string of the molecule is O=S(=O)(c1ccc(O)cc1)N1CC=CCC1. The summed E-state index contributed by atoms with van der Waals surface area (Å²) in [6, 6.07) is 5.60. The molecule has 2 rings (SSSR count). The predicted molar refractivity (Wildman–Crippen MR) is 60.6 cm³/mol. The molecular weight excluding hydrogens is 226 g/mol. The van der Waals surface area contributed by atoms with Crippen LogP contribution >= 0.6 is 0 Å². The van der Waals surface area contributed by atoms with Gasteiger partial charge >= 0.3 is 0 Å². The maximum Gasteiger partial charge on any atom is 0.243 e. The molecule has 1 heterocycles. The largest absolute Gasteiger partial charge is 0.508 e. The van der Waals surface area contributed by atoms with E-state index in [1.165, 1.54) is 28.6 Å². The Kier molecular flexibility index (Phi) is 2.98. The molecule has 0 radical (unpaired) electrons. The van der Waals surface area contributed by atoms with Gasteiger partial charge in [0, 0.05) is 13.1 Å². The molecule has 1 aromatic rings. The van der Waals surface area contributed by atoms with Gasteiger partial charge in [0.1, 0.15) is 5.75 Å². The molecule has 1 aliphatic heterocycles. The van der Waals surface area contributed by atoms with Gasteiger partial charge in [-0.25, -0.2) is 8.42 Å². The Balaban J connectivity index is 2.31. The summed E-state index contributed by atoms with van der Waals surface area (Å²) in [5, 5.41) is 9.11. The van der Waals surface area contributed by atoms with Crippen LogP contribution < -0.4 is 0 Å². The fraction of sp³-hybridized carbons (Fsp3) is 0.273. The number of hydrogen-bond acceptors (Lipinski definition) is 3. The molecule has 0 saturated carbocycles. The van der Waals surface area contributed by atoms with Crippen LogP contribution in [0, 0.1) is 0 Å². The van der Waals surface area contributed by atoms with Gasteiger partial charge in [0.05, 0.1) is 4.90 Å². The highest BCUT2D eigenvalue weighted by atomic mass is 32.2. The van der Waals surface area contributed by atoms with Crippen molar-refractivity contribution in [2.24, 2.45) is 0 Å². The molecule has 0 aromatic heterocycles. The molecule has 5 heteroatoms. The number of rotatable bonds is 2. The summed E-state index contributed by atoms with van der Waals surface area (Å²) in [6.45, 7) is 0.933. The van der Waals surface area contributed by atoms with Crippen molar-refractivity contribution in [3.8, 4) is 5.75 Å². The van der Waals surface area contributed by atoms with Crippen molar-refractivity contribution in [2.75, 3.05) is 13.1 Å². The first kappa shape index (κ1) is 11.2. The lowest BCUT2D eigenvalue weighted by atomic mass is 10.3. The molecular formula is C11H13NO3S. The maximum atomic E-state index is 12.1. The number of phenolic OH excluding ortho intramolecular Hbond substituents is 1. The second kappa shape index (κ2) is 4.27. The van der Waals surface area contributed by atoms with Crippen molar-refractivity contribution in [3.63, 3.8) is 0 Å². The molecule has 4 nitrogen and oxygen atoms in total. The average Bonchev–Trinajstić information content (AvgIpc) is 2.31. The van der Waals surface area contributed by atoms with Crippen LogP contribution in [0.5, 0.6) is 5.75 Å². The van der Waals surface area contributed by atoms with Crippen molar-refractivity contribution in [1.82, 2.24) is 4.31 Å². The van der Waals surface area contributed by atoms with Crippen molar-refractivity contribution < 1.29 is 13.5 Å². The van der Waals surface area contributed by atoms with Gasteiger partial charge in [0.15, 0.2) is 0 Å². The van der Waals surface area contributed by atoms with E-state index in [9.17, 15) is 8.42 Å². The topological polar surface area (TPSA) is 57.6 Å². The normalized spacial score (nSPS) is 17.5. The van der Waals surface area contributed by atoms with Gasteiger partial charge < -0.3 is 5.11 Å². The summed E-state index contributed by atoms with van der Waals surface area (Å²) in [6.07, 6.45) is 4.57. The number of benzene rings is 1. The van der Waals surface area contributed by atoms with Gasteiger partial charge in [0.2, 0.25) is 10.0 Å². The Hall–Kier alpha value is -1.33. The van der Waals surface area contributed by atoms with Crippen molar-refractivity contribution >= 4 is 10.0 Å². The third-order valence-electron chi connectivity index (χ3n) is 2.50. The third kappa shape index (κ3) is 2.10. The second-order valence-corrected chi connectivity index (χ2v) is 5.55. The van der Waals surface area contributed by atoms with Crippen LogP contribution in [0.3, 0.4) is 0 Å². The van der Waals surface area contributed by atoms with Crippen LogP contribution in [0.1, 0.15) is 6.42 Å². The van der Waals surface area contributed by atoms with Crippen molar-refractivity contribution in [3.05, 3.63) is 36.4 Å². The third-order valence-corrected chi connectivity index (χ3v) is 4.37. The fourth-order valence-corrected chi connectivity index (χ4v) is 3.01. The van der Waals surface area contributed by atoms with E-state index in [2.05, 4.69) is 0 Å². The molecule has 1 aliphatic rings. The number of hydrogen-bond donors (Lipinski definition) is 1. The molecule has 1 aromatic carbocycles. The standard InChI is InChI=1S/C11H13NO3S/c13-10-4-6-11(7-5-10)16(14,15)12-8-2-1-3-9-12/h1-2,4-7,13H,3,8-9H2. The van der Waals surface area contributed by atoms with E-state index in [4.69, 9.17) is 5.11 Å². The smallest absolute Gasteiger partial charge is 0.243 e. The second-order valence-electron chi connectivity index (χ2n) is 3.62. The van der Waals surface area contributed by atoms with E-state index < -0.39 is 10.0 Å². The summed E-state index contributed by atoms with van der Waals surface area (Å²) in [5.74, 6) is 0.0671. The van der Waals surface area contributed by atoms with Gasteiger partial charge in [-0.2, -0.15) is 4.31 Å². The molecule has 0 unspecified atom stereocenters. The van der Waals surface area contributed by atoms with Gasteiger partial charge in [-0.1, -0.05) is 12.2 Å². The molecule has 0 atom stereocenters. The summed E-state index contributed by atoms with van der Waals surface area (Å²) in [7, 11) is -3.41. The molecule has 0 spiro atoms. The lowest BCUT2D eigenvalue weighted by Crippen LogP contribution is -2.33. The number of phenols is 1. The molecule has 0 aliphatic carbocycles. The first-order valence-corrected chi connectivity index (χ1v) is 6.49. The Labute approximate surface area is 94.9 Å². The minimum atomic E-state index is -3.41. The highest BCUT2D eigenvalue weighted by molar-refractivity contribution is 7.89. The summed E-state index contributed by atoms with van der Waals surface area (Å²) in [4.78, 5) is 0.223. The lowest BCUT2D eigenvalue weighted by Gasteiger charge is -2.22. The highest BCUT2D eigenvalue weighted by Gasteiger charge is 2.23. The Morgan fingerprint density at radius 2 is 1.81 bits per heavy atom. The fourth-order valence-electron chi connectivity index (χ4n) is 1.61. The Morgan fingerprint density at radius 1 is 1.12 bits per heavy atom. The molecule has 0 fully saturated rings. The number of nitrogens with zero attached hydrogens (tertiary/aromatic N) is 1. The van der Waals surface area contributed by atoms with Crippen LogP contribution in [-0.4, -0.2) is 30.9 Å². The van der Waals surface area contributed by atoms with E-state index in [0.29, 0.717) is 13.1 Å². The Morgan fingerprint density at radius 3 is 2.38 bits per heavy atom. The van der Waals surface area contributed by atoms with Crippen molar-refractivity contribution in [1.29, 1.82) is 0 Å². The van der Waals surface area contributed by atoms with Gasteiger partial charge in [0.25, 0.3) is 0 Å². The number of sulfonamides is 1. The molecule has 16 heavy (non-hydrogen) atoms. The molecule has 1 N–H and O–H groups in total. The van der Waals surface area contributed by atoms with Gasteiger partial charge in [-0.15, -0.1) is 0 Å². The zero-order chi connectivity index (χ0) is 11.6. The quantitative estimate of drug-likeness (QED) is 0.792. The first-order valence-electron chi connectivity index (χ1n) is 5.05. The highest BCUT2D eigenvalue weighted by Crippen LogP contribution is 2.20. The summed E-state index contributed by atoms with van der Waals surface area (Å²) >= 11 is 0. The van der Waals surface area contributed by atoms with E-state index >= 15 is 0 Å². The summed E-state index contributed by atoms with van der Waals surface area (Å²) < 4.78 is 25.6. The number of aromatic hydroxyl groups is 1. The maximum absolute atomic E-state index is 12.1. The monoisotopic (exact) mass is 239 g/mol.